The fourth-order valence-electron chi connectivity index (χ4n) is 2.68. The summed E-state index contributed by atoms with van der Waals surface area (Å²) < 4.78 is 56.1. The Labute approximate surface area is 145 Å². The van der Waals surface area contributed by atoms with E-state index < -0.39 is 11.9 Å². The number of alkyl halides is 3. The van der Waals surface area contributed by atoms with Gasteiger partial charge in [-0.1, -0.05) is 6.07 Å². The van der Waals surface area contributed by atoms with E-state index in [1.807, 2.05) is 4.90 Å². The second kappa shape index (κ2) is 6.20. The Bertz CT molecular complexity index is 929. The minimum atomic E-state index is -4.54. The van der Waals surface area contributed by atoms with Gasteiger partial charge >= 0.3 is 6.18 Å². The molecule has 7 nitrogen and oxygen atoms in total. The first-order chi connectivity index (χ1) is 12.4. The van der Waals surface area contributed by atoms with Crippen LogP contribution in [0.1, 0.15) is 5.69 Å². The highest BCUT2D eigenvalue weighted by Gasteiger charge is 2.35. The van der Waals surface area contributed by atoms with Gasteiger partial charge in [0.2, 0.25) is 5.88 Å². The molecule has 0 spiro atoms. The number of para-hydroxylation sites is 1. The van der Waals surface area contributed by atoms with Crippen molar-refractivity contribution in [2.45, 2.75) is 6.18 Å². The van der Waals surface area contributed by atoms with Gasteiger partial charge < -0.3 is 18.8 Å². The van der Waals surface area contributed by atoms with E-state index in [1.54, 1.807) is 18.2 Å². The first kappa shape index (κ1) is 16.7. The summed E-state index contributed by atoms with van der Waals surface area (Å²) in [4.78, 5) is 6.39. The summed E-state index contributed by atoms with van der Waals surface area (Å²) in [6, 6.07) is 6.31. The van der Waals surface area contributed by atoms with Crippen molar-refractivity contribution in [3.63, 3.8) is 0 Å². The molecule has 1 aromatic carbocycles. The van der Waals surface area contributed by atoms with E-state index in [-0.39, 0.29) is 5.88 Å². The van der Waals surface area contributed by atoms with Crippen LogP contribution in [0.4, 0.5) is 19.2 Å². The largest absolute Gasteiger partial charge is 0.437 e. The van der Waals surface area contributed by atoms with Gasteiger partial charge in [0.25, 0.3) is 6.01 Å². The smallest absolute Gasteiger partial charge is 0.435 e. The van der Waals surface area contributed by atoms with Gasteiger partial charge in [-0.15, -0.1) is 0 Å². The first-order valence-electron chi connectivity index (χ1n) is 7.93. The zero-order chi connectivity index (χ0) is 18.3. The number of halogens is 3. The van der Waals surface area contributed by atoms with Gasteiger partial charge in [0.1, 0.15) is 0 Å². The number of nitrogens with zero attached hydrogens (tertiary/aromatic N) is 4. The Morgan fingerprint density at radius 1 is 1.19 bits per heavy atom. The van der Waals surface area contributed by atoms with E-state index >= 15 is 0 Å². The molecule has 0 saturated carbocycles. The fraction of sp³-hybridized carbons (Fsp3) is 0.375. The number of hydrogen-bond acceptors (Lipinski definition) is 6. The minimum absolute atomic E-state index is 0.0410. The summed E-state index contributed by atoms with van der Waals surface area (Å²) in [5.41, 5.74) is -0.0951. The molecular weight excluding hydrogens is 353 g/mol. The Morgan fingerprint density at radius 2 is 1.96 bits per heavy atom. The highest BCUT2D eigenvalue weighted by molar-refractivity contribution is 5.81. The summed E-state index contributed by atoms with van der Waals surface area (Å²) >= 11 is 0. The van der Waals surface area contributed by atoms with Crippen LogP contribution >= 0.6 is 0 Å². The molecule has 2 aromatic heterocycles. The zero-order valence-electron chi connectivity index (χ0n) is 13.8. The molecular formula is C16H15F3N4O3. The third-order valence-electron chi connectivity index (χ3n) is 3.99. The molecule has 1 saturated heterocycles. The molecule has 3 heterocycles. The van der Waals surface area contributed by atoms with Crippen molar-refractivity contribution in [2.24, 2.45) is 7.05 Å². The average molecular weight is 368 g/mol. The molecule has 0 atom stereocenters. The lowest BCUT2D eigenvalue weighted by molar-refractivity contribution is -0.141. The highest BCUT2D eigenvalue weighted by atomic mass is 19.4. The molecule has 3 aromatic rings. The standard InChI is InChI=1S/C16H15F3N4O3/c1-22-13(9-12(21-22)16(17,18)19)25-10-3-2-4-11-14(10)20-15(26-11)23-5-7-24-8-6-23/h2-4,9H,5-8H2,1H3. The quantitative estimate of drug-likeness (QED) is 0.707. The van der Waals surface area contributed by atoms with Gasteiger partial charge in [-0.25, -0.2) is 4.68 Å². The van der Waals surface area contributed by atoms with E-state index in [0.29, 0.717) is 49.2 Å². The molecule has 10 heteroatoms. The van der Waals surface area contributed by atoms with Crippen LogP contribution < -0.4 is 9.64 Å². The summed E-state index contributed by atoms with van der Waals surface area (Å²) in [5.74, 6) is 0.253. The van der Waals surface area contributed by atoms with E-state index in [0.717, 1.165) is 10.7 Å². The van der Waals surface area contributed by atoms with Gasteiger partial charge in [-0.05, 0) is 12.1 Å². The lowest BCUT2D eigenvalue weighted by atomic mass is 10.3. The summed E-state index contributed by atoms with van der Waals surface area (Å²) in [5, 5.41) is 3.44. The minimum Gasteiger partial charge on any atom is -0.437 e. The number of aryl methyl sites for hydroxylation is 1. The number of fused-ring (bicyclic) bond motifs is 1. The molecule has 0 unspecified atom stereocenters. The van der Waals surface area contributed by atoms with Crippen molar-refractivity contribution >= 4 is 17.1 Å². The number of oxazole rings is 1. The van der Waals surface area contributed by atoms with Crippen molar-refractivity contribution in [2.75, 3.05) is 31.2 Å². The van der Waals surface area contributed by atoms with Crippen LogP contribution in [0.3, 0.4) is 0 Å². The van der Waals surface area contributed by atoms with Gasteiger partial charge in [0, 0.05) is 26.2 Å². The van der Waals surface area contributed by atoms with Crippen molar-refractivity contribution in [3.05, 3.63) is 30.0 Å². The molecule has 138 valence electrons. The van der Waals surface area contributed by atoms with E-state index in [9.17, 15) is 13.2 Å². The summed E-state index contributed by atoms with van der Waals surface area (Å²) in [6.45, 7) is 2.47. The number of aromatic nitrogens is 3. The zero-order valence-corrected chi connectivity index (χ0v) is 13.8. The molecule has 1 aliphatic heterocycles. The van der Waals surface area contributed by atoms with Gasteiger partial charge in [0.15, 0.2) is 22.5 Å². The van der Waals surface area contributed by atoms with E-state index in [2.05, 4.69) is 10.1 Å². The predicted octanol–water partition coefficient (Wildman–Crippen LogP) is 3.21. The number of ether oxygens (including phenoxy) is 2. The Hall–Kier alpha value is -2.75. The summed E-state index contributed by atoms with van der Waals surface area (Å²) in [6.07, 6.45) is -4.54. The number of rotatable bonds is 3. The third-order valence-corrected chi connectivity index (χ3v) is 3.99. The maximum absolute atomic E-state index is 12.8. The van der Waals surface area contributed by atoms with Crippen LogP contribution in [0.5, 0.6) is 11.6 Å². The van der Waals surface area contributed by atoms with E-state index in [1.165, 1.54) is 7.05 Å². The highest BCUT2D eigenvalue weighted by Crippen LogP contribution is 2.35. The van der Waals surface area contributed by atoms with Crippen LogP contribution in [0, 0.1) is 0 Å². The third kappa shape index (κ3) is 3.07. The Balaban J connectivity index is 1.66. The van der Waals surface area contributed by atoms with Crippen LogP contribution in [0.25, 0.3) is 11.1 Å². The van der Waals surface area contributed by atoms with Gasteiger partial charge in [0.05, 0.1) is 13.2 Å². The number of benzene rings is 1. The Morgan fingerprint density at radius 3 is 2.65 bits per heavy atom. The average Bonchev–Trinajstić information content (AvgIpc) is 3.20. The van der Waals surface area contributed by atoms with Gasteiger partial charge in [-0.3, -0.25) is 0 Å². The van der Waals surface area contributed by atoms with E-state index in [4.69, 9.17) is 13.9 Å². The molecule has 1 aliphatic rings. The molecule has 0 bridgehead atoms. The van der Waals surface area contributed by atoms with Crippen LogP contribution in [0.2, 0.25) is 0 Å². The molecule has 4 rings (SSSR count). The number of morpholine rings is 1. The number of hydrogen-bond donors (Lipinski definition) is 0. The molecule has 1 fully saturated rings. The maximum atomic E-state index is 12.8. The normalized spacial score (nSPS) is 15.6. The molecule has 0 aliphatic carbocycles. The fourth-order valence-corrected chi connectivity index (χ4v) is 2.68. The molecule has 0 amide bonds. The van der Waals surface area contributed by atoms with Crippen molar-refractivity contribution < 1.29 is 27.1 Å². The second-order valence-electron chi connectivity index (χ2n) is 5.79. The van der Waals surface area contributed by atoms with Crippen LogP contribution in [-0.4, -0.2) is 41.1 Å². The molecule has 26 heavy (non-hydrogen) atoms. The monoisotopic (exact) mass is 368 g/mol. The predicted molar refractivity (Wildman–Crippen MR) is 85.3 cm³/mol. The topological polar surface area (TPSA) is 65.5 Å². The van der Waals surface area contributed by atoms with Crippen molar-refractivity contribution in [1.29, 1.82) is 0 Å². The lowest BCUT2D eigenvalue weighted by Crippen LogP contribution is -2.36. The van der Waals surface area contributed by atoms with Gasteiger partial charge in [-0.2, -0.15) is 23.3 Å². The Kier molecular flexibility index (Phi) is 3.98. The second-order valence-corrected chi connectivity index (χ2v) is 5.79. The number of anilines is 1. The molecule has 0 radical (unpaired) electrons. The maximum Gasteiger partial charge on any atom is 0.435 e. The van der Waals surface area contributed by atoms with Crippen molar-refractivity contribution in [1.82, 2.24) is 14.8 Å². The molecule has 0 N–H and O–H groups in total. The van der Waals surface area contributed by atoms with Crippen LogP contribution in [0.15, 0.2) is 28.7 Å². The SMILES string of the molecule is Cn1nc(C(F)(F)F)cc1Oc1cccc2oc(N3CCOCC3)nc12. The van der Waals surface area contributed by atoms with Crippen LogP contribution in [-0.2, 0) is 18.0 Å². The lowest BCUT2D eigenvalue weighted by Gasteiger charge is -2.24. The first-order valence-corrected chi connectivity index (χ1v) is 7.93. The summed E-state index contributed by atoms with van der Waals surface area (Å²) in [7, 11) is 1.38. The van der Waals surface area contributed by atoms with Crippen molar-refractivity contribution in [3.8, 4) is 11.6 Å².